The van der Waals surface area contributed by atoms with Crippen molar-refractivity contribution >= 4 is 27.6 Å². The number of benzene rings is 3. The number of carbonyl (C=O) groups is 1. The van der Waals surface area contributed by atoms with Crippen LogP contribution in [0.2, 0.25) is 0 Å². The Hall–Kier alpha value is -2.97. The van der Waals surface area contributed by atoms with Crippen LogP contribution in [0.25, 0.3) is 11.1 Å². The standard InChI is InChI=1S/C31H34O6S2/c1-19-14-23(36-12-5-13-39(3,34)35)15-20(2)31(19)27-7-4-6-26-25(27)10-11-28(26)37-22-8-9-24-21(16-30(32)33)18-38-29(24)17-22/h4,6-9,14-15,17,21,28H,5,10-13,16,18H2,1-3H3,(H,32,33)/t21-,28?/m1/s1. The molecule has 3 aromatic carbocycles. The van der Waals surface area contributed by atoms with Gasteiger partial charge in [0.05, 0.1) is 18.8 Å². The number of carboxylic acid groups (broad SMARTS) is 1. The van der Waals surface area contributed by atoms with Crippen molar-refractivity contribution < 1.29 is 27.8 Å². The summed E-state index contributed by atoms with van der Waals surface area (Å²) in [4.78, 5) is 12.3. The Morgan fingerprint density at radius 1 is 1.05 bits per heavy atom. The zero-order valence-corrected chi connectivity index (χ0v) is 24.2. The molecule has 0 amide bonds. The van der Waals surface area contributed by atoms with Gasteiger partial charge in [-0.2, -0.15) is 0 Å². The average Bonchev–Trinajstić information content (AvgIpc) is 3.45. The smallest absolute Gasteiger partial charge is 0.303 e. The maximum atomic E-state index is 11.4. The van der Waals surface area contributed by atoms with Gasteiger partial charge in [-0.3, -0.25) is 4.79 Å². The van der Waals surface area contributed by atoms with E-state index < -0.39 is 15.8 Å². The Morgan fingerprint density at radius 2 is 1.82 bits per heavy atom. The van der Waals surface area contributed by atoms with Gasteiger partial charge < -0.3 is 14.6 Å². The lowest BCUT2D eigenvalue weighted by atomic mass is 9.90. The van der Waals surface area contributed by atoms with E-state index in [1.807, 2.05) is 24.3 Å². The van der Waals surface area contributed by atoms with E-state index in [4.69, 9.17) is 9.47 Å². The van der Waals surface area contributed by atoms with Gasteiger partial charge in [0.15, 0.2) is 0 Å². The van der Waals surface area contributed by atoms with Gasteiger partial charge in [0.1, 0.15) is 27.4 Å². The number of sulfone groups is 1. The maximum Gasteiger partial charge on any atom is 0.303 e. The number of hydrogen-bond donors (Lipinski definition) is 1. The number of thioether (sulfide) groups is 1. The van der Waals surface area contributed by atoms with E-state index in [2.05, 4.69) is 38.1 Å². The lowest BCUT2D eigenvalue weighted by Gasteiger charge is -2.19. The summed E-state index contributed by atoms with van der Waals surface area (Å²) < 4.78 is 35.1. The van der Waals surface area contributed by atoms with Crippen LogP contribution < -0.4 is 9.47 Å². The Labute approximate surface area is 234 Å². The minimum Gasteiger partial charge on any atom is -0.494 e. The molecule has 6 nitrogen and oxygen atoms in total. The van der Waals surface area contributed by atoms with Crippen LogP contribution in [0.15, 0.2) is 53.4 Å². The van der Waals surface area contributed by atoms with E-state index in [1.54, 1.807) is 11.8 Å². The van der Waals surface area contributed by atoms with Crippen LogP contribution in [0.4, 0.5) is 0 Å². The molecule has 1 unspecified atom stereocenters. The zero-order chi connectivity index (χ0) is 27.7. The topological polar surface area (TPSA) is 89.9 Å². The highest BCUT2D eigenvalue weighted by atomic mass is 32.2. The number of ether oxygens (including phenoxy) is 2. The number of rotatable bonds is 10. The van der Waals surface area contributed by atoms with Crippen LogP contribution in [0, 0.1) is 13.8 Å². The van der Waals surface area contributed by atoms with Crippen molar-refractivity contribution in [2.75, 3.05) is 24.4 Å². The predicted octanol–water partition coefficient (Wildman–Crippen LogP) is 6.51. The van der Waals surface area contributed by atoms with Gasteiger partial charge in [0.2, 0.25) is 0 Å². The normalized spacial score (nSPS) is 18.0. The van der Waals surface area contributed by atoms with E-state index in [0.29, 0.717) is 13.0 Å². The van der Waals surface area contributed by atoms with Gasteiger partial charge in [-0.15, -0.1) is 11.8 Å². The van der Waals surface area contributed by atoms with E-state index in [0.717, 1.165) is 51.7 Å². The fourth-order valence-electron chi connectivity index (χ4n) is 5.79. The molecule has 1 aliphatic carbocycles. The highest BCUT2D eigenvalue weighted by Gasteiger charge is 2.29. The van der Waals surface area contributed by atoms with Gasteiger partial charge in [-0.1, -0.05) is 24.3 Å². The minimum atomic E-state index is -2.99. The Bertz CT molecular complexity index is 1490. The second-order valence-corrected chi connectivity index (χ2v) is 13.9. The third kappa shape index (κ3) is 6.28. The Morgan fingerprint density at radius 3 is 2.54 bits per heavy atom. The molecule has 0 saturated carbocycles. The molecule has 206 valence electrons. The number of carboxylic acids is 1. The molecule has 2 aliphatic rings. The molecule has 0 radical (unpaired) electrons. The Balaban J connectivity index is 1.33. The fraction of sp³-hybridized carbons (Fsp3) is 0.387. The zero-order valence-electron chi connectivity index (χ0n) is 22.5. The molecule has 0 bridgehead atoms. The van der Waals surface area contributed by atoms with Crippen molar-refractivity contribution in [1.82, 2.24) is 0 Å². The SMILES string of the molecule is Cc1cc(OCCCS(C)(=O)=O)cc(C)c1-c1cccc2c1CCC2Oc1ccc2c(c1)SC[C@H]2CC(=O)O. The van der Waals surface area contributed by atoms with Crippen molar-refractivity contribution in [2.45, 2.75) is 56.4 Å². The summed E-state index contributed by atoms with van der Waals surface area (Å²) in [5.41, 5.74) is 8.30. The summed E-state index contributed by atoms with van der Waals surface area (Å²) in [7, 11) is -2.99. The van der Waals surface area contributed by atoms with Crippen LogP contribution >= 0.6 is 11.8 Å². The molecule has 1 heterocycles. The molecule has 0 aromatic heterocycles. The first-order valence-electron chi connectivity index (χ1n) is 13.3. The van der Waals surface area contributed by atoms with Crippen molar-refractivity contribution in [3.05, 3.63) is 76.3 Å². The number of fused-ring (bicyclic) bond motifs is 2. The molecule has 39 heavy (non-hydrogen) atoms. The third-order valence-corrected chi connectivity index (χ3v) is 9.75. The highest BCUT2D eigenvalue weighted by molar-refractivity contribution is 7.99. The van der Waals surface area contributed by atoms with E-state index in [-0.39, 0.29) is 24.2 Å². The van der Waals surface area contributed by atoms with Crippen LogP contribution in [0.3, 0.4) is 0 Å². The van der Waals surface area contributed by atoms with Crippen LogP contribution in [-0.4, -0.2) is 43.9 Å². The molecule has 2 atom stereocenters. The summed E-state index contributed by atoms with van der Waals surface area (Å²) in [5, 5.41) is 9.20. The van der Waals surface area contributed by atoms with Gasteiger partial charge in [0, 0.05) is 22.8 Å². The van der Waals surface area contributed by atoms with Crippen molar-refractivity contribution in [3.63, 3.8) is 0 Å². The monoisotopic (exact) mass is 566 g/mol. The van der Waals surface area contributed by atoms with Crippen LogP contribution in [0.5, 0.6) is 11.5 Å². The van der Waals surface area contributed by atoms with Gasteiger partial charge in [-0.05, 0) is 96.3 Å². The van der Waals surface area contributed by atoms with Crippen molar-refractivity contribution in [2.24, 2.45) is 0 Å². The second-order valence-electron chi connectivity index (χ2n) is 10.6. The molecule has 0 saturated heterocycles. The first-order valence-corrected chi connectivity index (χ1v) is 16.3. The van der Waals surface area contributed by atoms with Crippen LogP contribution in [-0.2, 0) is 21.1 Å². The van der Waals surface area contributed by atoms with Gasteiger partial charge in [0.25, 0.3) is 0 Å². The number of aliphatic carboxylic acids is 1. The molecule has 5 rings (SSSR count). The molecule has 0 spiro atoms. The minimum absolute atomic E-state index is 0.0303. The summed E-state index contributed by atoms with van der Waals surface area (Å²) >= 11 is 1.71. The number of hydrogen-bond acceptors (Lipinski definition) is 6. The average molecular weight is 567 g/mol. The number of aryl methyl sites for hydroxylation is 2. The third-order valence-electron chi connectivity index (χ3n) is 7.48. The van der Waals surface area contributed by atoms with Crippen molar-refractivity contribution in [1.29, 1.82) is 0 Å². The highest BCUT2D eigenvalue weighted by Crippen LogP contribution is 2.45. The largest absolute Gasteiger partial charge is 0.494 e. The lowest BCUT2D eigenvalue weighted by Crippen LogP contribution is -2.08. The molecule has 3 aromatic rings. The molecular weight excluding hydrogens is 532 g/mol. The first kappa shape index (κ1) is 27.6. The van der Waals surface area contributed by atoms with Gasteiger partial charge >= 0.3 is 5.97 Å². The maximum absolute atomic E-state index is 11.4. The lowest BCUT2D eigenvalue weighted by molar-refractivity contribution is -0.137. The second kappa shape index (κ2) is 11.3. The van der Waals surface area contributed by atoms with E-state index in [9.17, 15) is 18.3 Å². The summed E-state index contributed by atoms with van der Waals surface area (Å²) in [6.45, 7) is 4.55. The molecule has 0 fully saturated rings. The molecule has 1 aliphatic heterocycles. The van der Waals surface area contributed by atoms with Crippen LogP contribution in [0.1, 0.15) is 59.1 Å². The molecule has 1 N–H and O–H groups in total. The van der Waals surface area contributed by atoms with E-state index >= 15 is 0 Å². The van der Waals surface area contributed by atoms with Crippen molar-refractivity contribution in [3.8, 4) is 22.6 Å². The summed E-state index contributed by atoms with van der Waals surface area (Å²) in [6.07, 6.45) is 3.68. The fourth-order valence-corrected chi connectivity index (χ4v) is 7.71. The van der Waals surface area contributed by atoms with Gasteiger partial charge in [-0.25, -0.2) is 8.42 Å². The first-order chi connectivity index (χ1) is 18.6. The molecular formula is C31H34O6S2. The molecule has 8 heteroatoms. The predicted molar refractivity (Wildman–Crippen MR) is 155 cm³/mol. The Kier molecular flexibility index (Phi) is 7.96. The summed E-state index contributed by atoms with van der Waals surface area (Å²) in [6, 6.07) is 16.6. The quantitative estimate of drug-likeness (QED) is 0.280. The summed E-state index contributed by atoms with van der Waals surface area (Å²) in [5.74, 6) is 1.80. The van der Waals surface area contributed by atoms with E-state index in [1.165, 1.54) is 28.5 Å².